The predicted molar refractivity (Wildman–Crippen MR) is 63.7 cm³/mol. The van der Waals surface area contributed by atoms with Gasteiger partial charge in [0.1, 0.15) is 28.1 Å². The Bertz CT molecular complexity index is 376. The van der Waals surface area contributed by atoms with Crippen LogP contribution in [-0.4, -0.2) is 45.2 Å². The topological polar surface area (TPSA) is 82.8 Å². The van der Waals surface area contributed by atoms with E-state index in [-0.39, 0.29) is 6.61 Å². The lowest BCUT2D eigenvalue weighted by Gasteiger charge is -2.15. The van der Waals surface area contributed by atoms with Crippen LogP contribution in [0.1, 0.15) is 11.7 Å². The minimum Gasteiger partial charge on any atom is -0.394 e. The van der Waals surface area contributed by atoms with Crippen molar-refractivity contribution in [2.45, 2.75) is 24.4 Å². The first kappa shape index (κ1) is 12.2. The number of ether oxygens (including phenoxy) is 1. The lowest BCUT2D eigenvalue weighted by atomic mass is 10.0. The molecule has 0 amide bonds. The van der Waals surface area contributed by atoms with Crippen molar-refractivity contribution in [1.82, 2.24) is 4.98 Å². The summed E-state index contributed by atoms with van der Waals surface area (Å²) >= 11 is 2.04. The van der Waals surface area contributed by atoms with Crippen LogP contribution >= 0.6 is 22.6 Å². The molecule has 1 aliphatic heterocycles. The van der Waals surface area contributed by atoms with E-state index in [9.17, 15) is 10.2 Å². The molecule has 0 aromatic carbocycles. The average molecular weight is 337 g/mol. The summed E-state index contributed by atoms with van der Waals surface area (Å²) in [6.07, 6.45) is -1.82. The van der Waals surface area contributed by atoms with Crippen molar-refractivity contribution >= 4 is 22.6 Å². The van der Waals surface area contributed by atoms with Crippen molar-refractivity contribution < 1.29 is 20.1 Å². The molecule has 1 aromatic rings. The Hall–Kier alpha value is -0.280. The number of hydrogen-bond donors (Lipinski definition) is 3. The molecule has 16 heavy (non-hydrogen) atoms. The first-order chi connectivity index (χ1) is 7.65. The van der Waals surface area contributed by atoms with Crippen molar-refractivity contribution in [1.29, 1.82) is 0 Å². The Labute approximate surface area is 106 Å². The average Bonchev–Trinajstić information content (AvgIpc) is 2.57. The lowest BCUT2D eigenvalue weighted by Crippen LogP contribution is -2.32. The molecule has 0 radical (unpaired) electrons. The second kappa shape index (κ2) is 4.92. The van der Waals surface area contributed by atoms with Crippen LogP contribution in [0.2, 0.25) is 0 Å². The van der Waals surface area contributed by atoms with Gasteiger partial charge in [-0.2, -0.15) is 0 Å². The molecule has 0 aliphatic carbocycles. The summed E-state index contributed by atoms with van der Waals surface area (Å²) in [5, 5.41) is 28.4. The van der Waals surface area contributed by atoms with Crippen LogP contribution < -0.4 is 0 Å². The van der Waals surface area contributed by atoms with E-state index in [0.29, 0.717) is 0 Å². The second-order valence-corrected chi connectivity index (χ2v) is 4.66. The van der Waals surface area contributed by atoms with Crippen LogP contribution in [0.25, 0.3) is 0 Å². The van der Waals surface area contributed by atoms with Crippen molar-refractivity contribution in [3.63, 3.8) is 0 Å². The fourth-order valence-electron chi connectivity index (χ4n) is 1.77. The first-order valence-corrected chi connectivity index (χ1v) is 5.96. The fraction of sp³-hybridized carbons (Fsp3) is 0.500. The largest absolute Gasteiger partial charge is 0.394 e. The summed E-state index contributed by atoms with van der Waals surface area (Å²) in [6, 6.07) is 3.53. The van der Waals surface area contributed by atoms with Gasteiger partial charge in [-0.1, -0.05) is 6.07 Å². The zero-order valence-corrected chi connectivity index (χ0v) is 10.5. The minimum absolute atomic E-state index is 0.314. The van der Waals surface area contributed by atoms with E-state index < -0.39 is 24.4 Å². The quantitative estimate of drug-likeness (QED) is 0.516. The van der Waals surface area contributed by atoms with Gasteiger partial charge in [-0.3, -0.25) is 0 Å². The minimum atomic E-state index is -1.06. The molecule has 4 atom stereocenters. The van der Waals surface area contributed by atoms with Crippen LogP contribution in [0.4, 0.5) is 0 Å². The standard InChI is InChI=1S/C10H12INO4/c11-10-5(2-1-3-12-10)9-8(15)7(14)6(4-13)16-9/h1-3,6-9,13-15H,4H2/t6-,7-,8-,9-/m1/s1. The summed E-state index contributed by atoms with van der Waals surface area (Å²) in [5.41, 5.74) is 0.727. The van der Waals surface area contributed by atoms with Crippen LogP contribution in [0, 0.1) is 3.70 Å². The number of pyridine rings is 1. The monoisotopic (exact) mass is 337 g/mol. The third-order valence-corrected chi connectivity index (χ3v) is 3.54. The van der Waals surface area contributed by atoms with E-state index in [1.54, 1.807) is 18.3 Å². The molecule has 1 fully saturated rings. The number of aliphatic hydroxyl groups is 3. The van der Waals surface area contributed by atoms with Gasteiger partial charge in [-0.05, 0) is 28.7 Å². The molecule has 2 rings (SSSR count). The molecule has 6 heteroatoms. The molecule has 0 bridgehead atoms. The van der Waals surface area contributed by atoms with Gasteiger partial charge in [0, 0.05) is 11.8 Å². The van der Waals surface area contributed by atoms with Crippen LogP contribution in [-0.2, 0) is 4.74 Å². The highest BCUT2D eigenvalue weighted by molar-refractivity contribution is 14.1. The number of hydrogen-bond acceptors (Lipinski definition) is 5. The molecule has 0 saturated carbocycles. The van der Waals surface area contributed by atoms with Crippen LogP contribution in [0.3, 0.4) is 0 Å². The molecule has 0 unspecified atom stereocenters. The molecule has 88 valence electrons. The fourth-order valence-corrected chi connectivity index (χ4v) is 2.41. The van der Waals surface area contributed by atoms with E-state index in [0.717, 1.165) is 9.26 Å². The maximum absolute atomic E-state index is 9.82. The van der Waals surface area contributed by atoms with Gasteiger partial charge < -0.3 is 20.1 Å². The van der Waals surface area contributed by atoms with E-state index in [2.05, 4.69) is 4.98 Å². The molecule has 1 aromatic heterocycles. The Morgan fingerprint density at radius 2 is 2.12 bits per heavy atom. The van der Waals surface area contributed by atoms with Gasteiger partial charge in [0.2, 0.25) is 0 Å². The van der Waals surface area contributed by atoms with Gasteiger partial charge in [-0.15, -0.1) is 0 Å². The lowest BCUT2D eigenvalue weighted by molar-refractivity contribution is -0.0230. The summed E-state index contributed by atoms with van der Waals surface area (Å²) in [6.45, 7) is -0.314. The highest BCUT2D eigenvalue weighted by atomic mass is 127. The van der Waals surface area contributed by atoms with Gasteiger partial charge >= 0.3 is 0 Å². The van der Waals surface area contributed by atoms with Gasteiger partial charge in [-0.25, -0.2) is 4.98 Å². The first-order valence-electron chi connectivity index (χ1n) is 4.88. The van der Waals surface area contributed by atoms with E-state index in [1.165, 1.54) is 0 Å². The zero-order chi connectivity index (χ0) is 11.7. The highest BCUT2D eigenvalue weighted by Gasteiger charge is 2.43. The third kappa shape index (κ3) is 2.07. The number of nitrogens with zero attached hydrogens (tertiary/aromatic N) is 1. The van der Waals surface area contributed by atoms with Crippen molar-refractivity contribution in [3.8, 4) is 0 Å². The predicted octanol–water partition coefficient (Wildman–Crippen LogP) is -0.160. The summed E-state index contributed by atoms with van der Waals surface area (Å²) < 4.78 is 6.12. The Morgan fingerprint density at radius 3 is 2.69 bits per heavy atom. The summed E-state index contributed by atoms with van der Waals surface area (Å²) in [5.74, 6) is 0. The van der Waals surface area contributed by atoms with E-state index in [4.69, 9.17) is 9.84 Å². The summed E-state index contributed by atoms with van der Waals surface area (Å²) in [4.78, 5) is 4.09. The van der Waals surface area contributed by atoms with Crippen LogP contribution in [0.15, 0.2) is 18.3 Å². The number of rotatable bonds is 2. The number of halogens is 1. The Kier molecular flexibility index (Phi) is 3.75. The molecule has 3 N–H and O–H groups in total. The van der Waals surface area contributed by atoms with Crippen molar-refractivity contribution in [2.75, 3.05) is 6.61 Å². The maximum Gasteiger partial charge on any atom is 0.114 e. The van der Waals surface area contributed by atoms with Crippen molar-refractivity contribution in [2.24, 2.45) is 0 Å². The number of aromatic nitrogens is 1. The Balaban J connectivity index is 2.26. The zero-order valence-electron chi connectivity index (χ0n) is 8.32. The highest BCUT2D eigenvalue weighted by Crippen LogP contribution is 2.34. The Morgan fingerprint density at radius 1 is 1.38 bits per heavy atom. The van der Waals surface area contributed by atoms with Gasteiger partial charge in [0.05, 0.1) is 6.61 Å². The SMILES string of the molecule is OC[C@H]1O[C@H](c2cccnc2I)[C@H](O)[C@@H]1O. The molecular formula is C10H12INO4. The van der Waals surface area contributed by atoms with Crippen molar-refractivity contribution in [3.05, 3.63) is 27.6 Å². The van der Waals surface area contributed by atoms with Gasteiger partial charge in [0.15, 0.2) is 0 Å². The normalized spacial score (nSPS) is 34.2. The second-order valence-electron chi connectivity index (χ2n) is 3.64. The molecule has 0 spiro atoms. The maximum atomic E-state index is 9.82. The third-order valence-electron chi connectivity index (χ3n) is 2.64. The summed E-state index contributed by atoms with van der Waals surface area (Å²) in [7, 11) is 0. The molecule has 1 aliphatic rings. The van der Waals surface area contributed by atoms with Gasteiger partial charge in [0.25, 0.3) is 0 Å². The smallest absolute Gasteiger partial charge is 0.114 e. The molecular weight excluding hydrogens is 325 g/mol. The molecule has 1 saturated heterocycles. The molecule has 5 nitrogen and oxygen atoms in total. The van der Waals surface area contributed by atoms with E-state index in [1.807, 2.05) is 22.6 Å². The molecule has 2 heterocycles. The van der Waals surface area contributed by atoms with E-state index >= 15 is 0 Å². The van der Waals surface area contributed by atoms with Crippen LogP contribution in [0.5, 0.6) is 0 Å². The number of aliphatic hydroxyl groups excluding tert-OH is 3.